The van der Waals surface area contributed by atoms with Crippen LogP contribution < -0.4 is 5.84 Å². The molecule has 0 aromatic rings. The van der Waals surface area contributed by atoms with Crippen molar-refractivity contribution in [2.24, 2.45) is 5.84 Å². The highest BCUT2D eigenvalue weighted by Crippen LogP contribution is 2.13. The second-order valence-corrected chi connectivity index (χ2v) is 3.71. The lowest BCUT2D eigenvalue weighted by Crippen LogP contribution is -2.57. The van der Waals surface area contributed by atoms with E-state index < -0.39 is 0 Å². The summed E-state index contributed by atoms with van der Waals surface area (Å²) in [6.07, 6.45) is 1.26. The third-order valence-electron chi connectivity index (χ3n) is 2.57. The number of hydrazine groups is 1. The van der Waals surface area contributed by atoms with Gasteiger partial charge >= 0.3 is 0 Å². The van der Waals surface area contributed by atoms with Crippen LogP contribution in [0.25, 0.3) is 0 Å². The topological polar surface area (TPSA) is 32.5 Å². The molecule has 2 N–H and O–H groups in total. The summed E-state index contributed by atoms with van der Waals surface area (Å²) in [7, 11) is 2.15. The van der Waals surface area contributed by atoms with Gasteiger partial charge in [0.25, 0.3) is 0 Å². The molecule has 0 aromatic carbocycles. The summed E-state index contributed by atoms with van der Waals surface area (Å²) < 4.78 is 0. The fourth-order valence-electron chi connectivity index (χ4n) is 1.20. The quantitative estimate of drug-likeness (QED) is 0.597. The lowest BCUT2D eigenvalue weighted by molar-refractivity contribution is 0.0560. The Morgan fingerprint density at radius 2 is 2.27 bits per heavy atom. The van der Waals surface area contributed by atoms with E-state index in [1.807, 2.05) is 5.01 Å². The van der Waals surface area contributed by atoms with E-state index in [1.165, 1.54) is 6.42 Å². The molecule has 1 saturated heterocycles. The molecule has 3 heteroatoms. The molecular weight excluding hydrogens is 138 g/mol. The summed E-state index contributed by atoms with van der Waals surface area (Å²) >= 11 is 0. The zero-order chi connectivity index (χ0) is 8.43. The summed E-state index contributed by atoms with van der Waals surface area (Å²) in [5.74, 6) is 5.68. The minimum absolute atomic E-state index is 0.599. The maximum Gasteiger partial charge on any atom is 0.0381 e. The lowest BCUT2D eigenvalue weighted by Gasteiger charge is -2.40. The second-order valence-electron chi connectivity index (χ2n) is 3.71. The van der Waals surface area contributed by atoms with Crippen molar-refractivity contribution in [1.29, 1.82) is 0 Å². The number of nitrogens with zero attached hydrogens (tertiary/aromatic N) is 2. The molecule has 11 heavy (non-hydrogen) atoms. The van der Waals surface area contributed by atoms with Crippen LogP contribution in [0.4, 0.5) is 0 Å². The SMILES string of the molecule is CC(C)N(C)CC1CCN1N. The maximum atomic E-state index is 5.68. The predicted octanol–water partition coefficient (Wildman–Crippen LogP) is 0.275. The minimum atomic E-state index is 0.599. The van der Waals surface area contributed by atoms with Crippen molar-refractivity contribution in [3.8, 4) is 0 Å². The molecule has 0 aromatic heterocycles. The molecule has 0 bridgehead atoms. The molecule has 1 heterocycles. The van der Waals surface area contributed by atoms with Gasteiger partial charge < -0.3 is 4.90 Å². The fourth-order valence-corrected chi connectivity index (χ4v) is 1.20. The van der Waals surface area contributed by atoms with E-state index >= 15 is 0 Å². The zero-order valence-electron chi connectivity index (χ0n) is 7.75. The maximum absolute atomic E-state index is 5.68. The van der Waals surface area contributed by atoms with E-state index in [0.29, 0.717) is 12.1 Å². The van der Waals surface area contributed by atoms with Crippen molar-refractivity contribution in [2.45, 2.75) is 32.4 Å². The van der Waals surface area contributed by atoms with Crippen molar-refractivity contribution in [3.05, 3.63) is 0 Å². The summed E-state index contributed by atoms with van der Waals surface area (Å²) in [5, 5.41) is 1.93. The van der Waals surface area contributed by atoms with E-state index in [2.05, 4.69) is 25.8 Å². The molecular formula is C8H19N3. The Bertz CT molecular complexity index is 120. The molecule has 1 aliphatic rings. The number of hydrogen-bond donors (Lipinski definition) is 1. The second kappa shape index (κ2) is 3.52. The van der Waals surface area contributed by atoms with E-state index in [-0.39, 0.29) is 0 Å². The Hall–Kier alpha value is -0.120. The molecule has 1 rings (SSSR count). The van der Waals surface area contributed by atoms with Gasteiger partial charge in [0, 0.05) is 25.2 Å². The van der Waals surface area contributed by atoms with Gasteiger partial charge in [-0.05, 0) is 27.3 Å². The van der Waals surface area contributed by atoms with Crippen LogP contribution in [0.1, 0.15) is 20.3 Å². The molecule has 0 amide bonds. The Kier molecular flexibility index (Phi) is 2.87. The largest absolute Gasteiger partial charge is 0.302 e. The number of likely N-dealkylation sites (N-methyl/N-ethyl adjacent to an activating group) is 1. The van der Waals surface area contributed by atoms with E-state index in [1.54, 1.807) is 0 Å². The third-order valence-corrected chi connectivity index (χ3v) is 2.57. The summed E-state index contributed by atoms with van der Waals surface area (Å²) in [5.41, 5.74) is 0. The number of nitrogens with two attached hydrogens (primary N) is 1. The van der Waals surface area contributed by atoms with E-state index in [4.69, 9.17) is 5.84 Å². The first-order valence-electron chi connectivity index (χ1n) is 4.33. The molecule has 0 radical (unpaired) electrons. The average molecular weight is 157 g/mol. The smallest absolute Gasteiger partial charge is 0.0381 e. The molecule has 1 fully saturated rings. The monoisotopic (exact) mass is 157 g/mol. The Morgan fingerprint density at radius 3 is 2.55 bits per heavy atom. The molecule has 1 atom stereocenters. The Balaban J connectivity index is 2.19. The van der Waals surface area contributed by atoms with Crippen molar-refractivity contribution < 1.29 is 0 Å². The van der Waals surface area contributed by atoms with Crippen LogP contribution in [0, 0.1) is 0 Å². The van der Waals surface area contributed by atoms with Crippen molar-refractivity contribution >= 4 is 0 Å². The van der Waals surface area contributed by atoms with E-state index in [0.717, 1.165) is 13.1 Å². The molecule has 3 nitrogen and oxygen atoms in total. The van der Waals surface area contributed by atoms with Gasteiger partial charge in [0.05, 0.1) is 0 Å². The van der Waals surface area contributed by atoms with E-state index in [9.17, 15) is 0 Å². The Labute approximate surface area is 69.1 Å². The van der Waals surface area contributed by atoms with Gasteiger partial charge in [-0.3, -0.25) is 5.84 Å². The van der Waals surface area contributed by atoms with Crippen LogP contribution in [0.2, 0.25) is 0 Å². The minimum Gasteiger partial charge on any atom is -0.302 e. The molecule has 66 valence electrons. The first-order valence-corrected chi connectivity index (χ1v) is 4.33. The van der Waals surface area contributed by atoms with Gasteiger partial charge in [-0.15, -0.1) is 0 Å². The molecule has 1 unspecified atom stereocenters. The number of hydrogen-bond acceptors (Lipinski definition) is 3. The molecule has 0 aliphatic carbocycles. The lowest BCUT2D eigenvalue weighted by atomic mass is 10.1. The third kappa shape index (κ3) is 2.15. The fraction of sp³-hybridized carbons (Fsp3) is 1.00. The predicted molar refractivity (Wildman–Crippen MR) is 47.1 cm³/mol. The Morgan fingerprint density at radius 1 is 1.64 bits per heavy atom. The van der Waals surface area contributed by atoms with Gasteiger partial charge in [-0.25, -0.2) is 5.01 Å². The van der Waals surface area contributed by atoms with Crippen LogP contribution >= 0.6 is 0 Å². The molecule has 0 saturated carbocycles. The van der Waals surface area contributed by atoms with Crippen LogP contribution in [0.15, 0.2) is 0 Å². The highest BCUT2D eigenvalue weighted by Gasteiger charge is 2.26. The zero-order valence-corrected chi connectivity index (χ0v) is 7.75. The normalized spacial score (nSPS) is 26.2. The van der Waals surface area contributed by atoms with Crippen LogP contribution in [0.5, 0.6) is 0 Å². The summed E-state index contributed by atoms with van der Waals surface area (Å²) in [6.45, 7) is 6.59. The van der Waals surface area contributed by atoms with Crippen LogP contribution in [-0.2, 0) is 0 Å². The van der Waals surface area contributed by atoms with Crippen molar-refractivity contribution in [2.75, 3.05) is 20.1 Å². The highest BCUT2D eigenvalue weighted by atomic mass is 15.5. The van der Waals surface area contributed by atoms with Crippen LogP contribution in [0.3, 0.4) is 0 Å². The first-order chi connectivity index (χ1) is 5.11. The summed E-state index contributed by atoms with van der Waals surface area (Å²) in [6, 6.07) is 1.23. The molecule has 0 spiro atoms. The van der Waals surface area contributed by atoms with Gasteiger partial charge in [-0.1, -0.05) is 0 Å². The average Bonchev–Trinajstić information content (AvgIpc) is 1.96. The first kappa shape index (κ1) is 8.97. The van der Waals surface area contributed by atoms with Gasteiger partial charge in [0.1, 0.15) is 0 Å². The van der Waals surface area contributed by atoms with Gasteiger partial charge in [0.15, 0.2) is 0 Å². The van der Waals surface area contributed by atoms with Gasteiger partial charge in [0.2, 0.25) is 0 Å². The van der Waals surface area contributed by atoms with Crippen LogP contribution in [-0.4, -0.2) is 42.1 Å². The number of rotatable bonds is 3. The van der Waals surface area contributed by atoms with Crippen molar-refractivity contribution in [3.63, 3.8) is 0 Å². The van der Waals surface area contributed by atoms with Gasteiger partial charge in [-0.2, -0.15) is 0 Å². The van der Waals surface area contributed by atoms with Crippen molar-refractivity contribution in [1.82, 2.24) is 9.91 Å². The summed E-state index contributed by atoms with van der Waals surface area (Å²) in [4.78, 5) is 2.34. The standard InChI is InChI=1S/C8H19N3/c1-7(2)10(3)6-8-4-5-11(8)9/h7-8H,4-6,9H2,1-3H3. The highest BCUT2D eigenvalue weighted by molar-refractivity contribution is 4.81. The molecule has 1 aliphatic heterocycles.